The Bertz CT molecular complexity index is 1330. The largest absolute Gasteiger partial charge is 0.497 e. The van der Waals surface area contributed by atoms with Gasteiger partial charge in [0.05, 0.1) is 17.7 Å². The highest BCUT2D eigenvalue weighted by Gasteiger charge is 2.33. The number of methoxy groups -OCH3 is 1. The monoisotopic (exact) mass is 555 g/mol. The van der Waals surface area contributed by atoms with Crippen molar-refractivity contribution in [3.8, 4) is 5.75 Å². The van der Waals surface area contributed by atoms with E-state index in [1.54, 1.807) is 49.4 Å². The number of hydrogen-bond donors (Lipinski definition) is 1. The SMILES string of the molecule is CCCNC(=O)C(CC)N(Cc1ccc(F)cc1)C(=O)CN(c1ccc(OC)cc1)S(=O)(=O)c1ccccc1. The molecule has 208 valence electrons. The Hall–Kier alpha value is -3.92. The highest BCUT2D eigenvalue weighted by molar-refractivity contribution is 7.92. The molecule has 8 nitrogen and oxygen atoms in total. The van der Waals surface area contributed by atoms with Crippen molar-refractivity contribution in [3.63, 3.8) is 0 Å². The lowest BCUT2D eigenvalue weighted by Gasteiger charge is -2.33. The lowest BCUT2D eigenvalue weighted by Crippen LogP contribution is -2.52. The first-order valence-corrected chi connectivity index (χ1v) is 14.2. The van der Waals surface area contributed by atoms with Crippen molar-refractivity contribution >= 4 is 27.5 Å². The summed E-state index contributed by atoms with van der Waals surface area (Å²) in [6, 6.07) is 18.9. The fourth-order valence-corrected chi connectivity index (χ4v) is 5.50. The summed E-state index contributed by atoms with van der Waals surface area (Å²) in [5.74, 6) is -0.812. The van der Waals surface area contributed by atoms with Gasteiger partial charge in [-0.2, -0.15) is 0 Å². The molecular weight excluding hydrogens is 521 g/mol. The van der Waals surface area contributed by atoms with Crippen molar-refractivity contribution < 1.29 is 27.1 Å². The van der Waals surface area contributed by atoms with Crippen molar-refractivity contribution in [2.45, 2.75) is 44.2 Å². The van der Waals surface area contributed by atoms with Crippen molar-refractivity contribution in [2.75, 3.05) is 24.5 Å². The number of benzene rings is 3. The van der Waals surface area contributed by atoms with E-state index >= 15 is 0 Å². The lowest BCUT2D eigenvalue weighted by molar-refractivity contribution is -0.140. The second kappa shape index (κ2) is 13.7. The molecular formula is C29H34FN3O5S. The van der Waals surface area contributed by atoms with Crippen molar-refractivity contribution in [1.82, 2.24) is 10.2 Å². The number of halogens is 1. The summed E-state index contributed by atoms with van der Waals surface area (Å²) in [6.45, 7) is 3.59. The molecule has 0 saturated heterocycles. The third kappa shape index (κ3) is 7.57. The topological polar surface area (TPSA) is 96.0 Å². The van der Waals surface area contributed by atoms with Crippen molar-refractivity contribution in [2.24, 2.45) is 0 Å². The summed E-state index contributed by atoms with van der Waals surface area (Å²) in [7, 11) is -2.65. The fraction of sp³-hybridized carbons (Fsp3) is 0.310. The molecule has 0 saturated carbocycles. The number of carbonyl (C=O) groups excluding carboxylic acids is 2. The second-order valence-corrected chi connectivity index (χ2v) is 10.7. The molecule has 39 heavy (non-hydrogen) atoms. The van der Waals surface area contributed by atoms with Gasteiger partial charge < -0.3 is 15.0 Å². The second-order valence-electron chi connectivity index (χ2n) is 8.89. The van der Waals surface area contributed by atoms with Crippen LogP contribution in [-0.4, -0.2) is 51.4 Å². The van der Waals surface area contributed by atoms with E-state index in [-0.39, 0.29) is 23.0 Å². The van der Waals surface area contributed by atoms with Gasteiger partial charge in [0.15, 0.2) is 0 Å². The minimum Gasteiger partial charge on any atom is -0.497 e. The summed E-state index contributed by atoms with van der Waals surface area (Å²) in [5, 5.41) is 2.83. The van der Waals surface area contributed by atoms with E-state index in [2.05, 4.69) is 5.32 Å². The molecule has 0 aromatic heterocycles. The molecule has 0 aliphatic heterocycles. The van der Waals surface area contributed by atoms with Gasteiger partial charge in [-0.05, 0) is 66.9 Å². The zero-order chi connectivity index (χ0) is 28.4. The number of anilines is 1. The van der Waals surface area contributed by atoms with Crippen LogP contribution in [0, 0.1) is 5.82 Å². The van der Waals surface area contributed by atoms with Crippen molar-refractivity contribution in [1.29, 1.82) is 0 Å². The Labute approximate surface area is 229 Å². The predicted molar refractivity (Wildman–Crippen MR) is 148 cm³/mol. The lowest BCUT2D eigenvalue weighted by atomic mass is 10.1. The van der Waals surface area contributed by atoms with Crippen LogP contribution in [0.4, 0.5) is 10.1 Å². The predicted octanol–water partition coefficient (Wildman–Crippen LogP) is 4.36. The first kappa shape index (κ1) is 29.6. The molecule has 3 aromatic rings. The average molecular weight is 556 g/mol. The molecule has 1 N–H and O–H groups in total. The Morgan fingerprint density at radius 2 is 1.59 bits per heavy atom. The van der Waals surface area contributed by atoms with E-state index in [9.17, 15) is 22.4 Å². The number of amides is 2. The van der Waals surface area contributed by atoms with Crippen LogP contribution in [0.15, 0.2) is 83.8 Å². The van der Waals surface area contributed by atoms with E-state index < -0.39 is 34.3 Å². The molecule has 0 fully saturated rings. The first-order valence-electron chi connectivity index (χ1n) is 12.7. The van der Waals surface area contributed by atoms with E-state index in [1.165, 1.54) is 48.4 Å². The zero-order valence-electron chi connectivity index (χ0n) is 22.3. The third-order valence-corrected chi connectivity index (χ3v) is 7.96. The first-order chi connectivity index (χ1) is 18.7. The molecule has 3 aromatic carbocycles. The number of nitrogens with one attached hydrogen (secondary N) is 1. The zero-order valence-corrected chi connectivity index (χ0v) is 23.2. The molecule has 0 spiro atoms. The standard InChI is InChI=1S/C29H34FN3O5S/c1-4-19-31-29(35)27(5-2)32(20-22-11-13-23(30)14-12-22)28(34)21-33(24-15-17-25(38-3)18-16-24)39(36,37)26-9-7-6-8-10-26/h6-18,27H,4-5,19-21H2,1-3H3,(H,31,35). The molecule has 3 rings (SSSR count). The Morgan fingerprint density at radius 1 is 0.949 bits per heavy atom. The molecule has 10 heteroatoms. The Kier molecular flexibility index (Phi) is 10.4. The van der Waals surface area contributed by atoms with Crippen LogP contribution in [0.2, 0.25) is 0 Å². The van der Waals surface area contributed by atoms with E-state index in [0.29, 0.717) is 30.7 Å². The summed E-state index contributed by atoms with van der Waals surface area (Å²) in [6.07, 6.45) is 1.02. The van der Waals surface area contributed by atoms with Gasteiger partial charge in [0.1, 0.15) is 24.2 Å². The summed E-state index contributed by atoms with van der Waals surface area (Å²) in [4.78, 5) is 28.4. The van der Waals surface area contributed by atoms with Gasteiger partial charge >= 0.3 is 0 Å². The molecule has 2 amide bonds. The molecule has 1 unspecified atom stereocenters. The summed E-state index contributed by atoms with van der Waals surface area (Å²) < 4.78 is 47.3. The van der Waals surface area contributed by atoms with Crippen LogP contribution < -0.4 is 14.4 Å². The van der Waals surface area contributed by atoms with Gasteiger partial charge in [-0.3, -0.25) is 13.9 Å². The van der Waals surface area contributed by atoms with Gasteiger partial charge in [-0.15, -0.1) is 0 Å². The highest BCUT2D eigenvalue weighted by atomic mass is 32.2. The van der Waals surface area contributed by atoms with Crippen LogP contribution in [-0.2, 0) is 26.2 Å². The summed E-state index contributed by atoms with van der Waals surface area (Å²) in [5.41, 5.74) is 0.867. The van der Waals surface area contributed by atoms with Crippen LogP contribution in [0.5, 0.6) is 5.75 Å². The third-order valence-electron chi connectivity index (χ3n) is 6.17. The fourth-order valence-electron chi connectivity index (χ4n) is 4.07. The number of nitrogens with zero attached hydrogens (tertiary/aromatic N) is 2. The van der Waals surface area contributed by atoms with Gasteiger partial charge in [-0.1, -0.05) is 44.2 Å². The number of carbonyl (C=O) groups is 2. The quantitative estimate of drug-likeness (QED) is 0.338. The minimum atomic E-state index is -4.15. The van der Waals surface area contributed by atoms with Crippen molar-refractivity contribution in [3.05, 3.63) is 90.2 Å². The number of sulfonamides is 1. The molecule has 0 aliphatic rings. The Balaban J connectivity index is 2.03. The van der Waals surface area contributed by atoms with Gasteiger partial charge in [-0.25, -0.2) is 12.8 Å². The smallest absolute Gasteiger partial charge is 0.264 e. The molecule has 0 bridgehead atoms. The molecule has 1 atom stereocenters. The maximum Gasteiger partial charge on any atom is 0.264 e. The maximum absolute atomic E-state index is 13.9. The van der Waals surface area contributed by atoms with Gasteiger partial charge in [0.25, 0.3) is 10.0 Å². The van der Waals surface area contributed by atoms with Crippen LogP contribution in [0.3, 0.4) is 0 Å². The average Bonchev–Trinajstić information content (AvgIpc) is 2.96. The van der Waals surface area contributed by atoms with E-state index in [4.69, 9.17) is 4.74 Å². The minimum absolute atomic E-state index is 0.000990. The van der Waals surface area contributed by atoms with Crippen LogP contribution in [0.25, 0.3) is 0 Å². The van der Waals surface area contributed by atoms with E-state index in [1.807, 2.05) is 6.92 Å². The Morgan fingerprint density at radius 3 is 2.15 bits per heavy atom. The van der Waals surface area contributed by atoms with Crippen LogP contribution >= 0.6 is 0 Å². The molecule has 0 heterocycles. The molecule has 0 radical (unpaired) electrons. The molecule has 0 aliphatic carbocycles. The number of rotatable bonds is 13. The van der Waals surface area contributed by atoms with Gasteiger partial charge in [0, 0.05) is 13.1 Å². The van der Waals surface area contributed by atoms with Crippen LogP contribution in [0.1, 0.15) is 32.3 Å². The number of hydrogen-bond acceptors (Lipinski definition) is 5. The maximum atomic E-state index is 13.9. The van der Waals surface area contributed by atoms with E-state index in [0.717, 1.165) is 4.31 Å². The summed E-state index contributed by atoms with van der Waals surface area (Å²) >= 11 is 0. The number of ether oxygens (including phenoxy) is 1. The highest BCUT2D eigenvalue weighted by Crippen LogP contribution is 2.26. The normalized spacial score (nSPS) is 11.9. The van der Waals surface area contributed by atoms with Gasteiger partial charge in [0.2, 0.25) is 11.8 Å².